The molecular weight excluding hydrogens is 248 g/mol. The minimum absolute atomic E-state index is 0.163. The topological polar surface area (TPSA) is 54.4 Å². The molecule has 0 saturated heterocycles. The fourth-order valence-electron chi connectivity index (χ4n) is 1.56. The number of benzene rings is 1. The van der Waals surface area contributed by atoms with Crippen molar-refractivity contribution < 1.29 is 13.5 Å². The number of hydrogen-bond acceptors (Lipinski definition) is 3. The summed E-state index contributed by atoms with van der Waals surface area (Å²) in [4.78, 5) is 0. The van der Waals surface area contributed by atoms with E-state index in [1.54, 1.807) is 20.8 Å². The Morgan fingerprint density at radius 1 is 1.17 bits per heavy atom. The van der Waals surface area contributed by atoms with Crippen molar-refractivity contribution in [3.8, 4) is 0 Å². The molecule has 1 unspecified atom stereocenters. The van der Waals surface area contributed by atoms with E-state index in [1.165, 1.54) is 0 Å². The average molecular weight is 270 g/mol. The maximum absolute atomic E-state index is 11.9. The van der Waals surface area contributed by atoms with Gasteiger partial charge < -0.3 is 5.11 Å². The molecule has 0 aromatic heterocycles. The first-order chi connectivity index (χ1) is 8.22. The summed E-state index contributed by atoms with van der Waals surface area (Å²) in [6, 6.07) is 9.77. The normalized spacial score (nSPS) is 14.4. The molecule has 102 valence electrons. The van der Waals surface area contributed by atoms with Gasteiger partial charge in [-0.1, -0.05) is 30.3 Å². The highest BCUT2D eigenvalue weighted by molar-refractivity contribution is 7.92. The largest absolute Gasteiger partial charge is 0.392 e. The van der Waals surface area contributed by atoms with Crippen molar-refractivity contribution in [2.45, 2.75) is 44.5 Å². The van der Waals surface area contributed by atoms with Gasteiger partial charge in [0.25, 0.3) is 0 Å². The molecule has 0 aliphatic carbocycles. The lowest BCUT2D eigenvalue weighted by Crippen LogP contribution is -2.35. The third-order valence-electron chi connectivity index (χ3n) is 2.95. The molecule has 0 amide bonds. The number of aryl methyl sites for hydroxylation is 1. The van der Waals surface area contributed by atoms with Crippen LogP contribution in [0.15, 0.2) is 30.3 Å². The van der Waals surface area contributed by atoms with Crippen molar-refractivity contribution in [1.29, 1.82) is 0 Å². The number of rotatable bonds is 5. The lowest BCUT2D eigenvalue weighted by atomic mass is 10.1. The van der Waals surface area contributed by atoms with Crippen LogP contribution in [-0.4, -0.2) is 30.1 Å². The fourth-order valence-corrected chi connectivity index (χ4v) is 2.74. The summed E-state index contributed by atoms with van der Waals surface area (Å²) in [5, 5.41) is 9.83. The molecule has 1 aromatic rings. The van der Waals surface area contributed by atoms with Crippen LogP contribution >= 0.6 is 0 Å². The van der Waals surface area contributed by atoms with Gasteiger partial charge in [0.05, 0.1) is 16.6 Å². The molecule has 1 rings (SSSR count). The van der Waals surface area contributed by atoms with Gasteiger partial charge in [0.15, 0.2) is 9.84 Å². The second kappa shape index (κ2) is 5.85. The van der Waals surface area contributed by atoms with Gasteiger partial charge in [-0.05, 0) is 39.2 Å². The van der Waals surface area contributed by atoms with E-state index in [2.05, 4.69) is 0 Å². The molecule has 0 fully saturated rings. The molecular formula is C14H22O3S. The van der Waals surface area contributed by atoms with Gasteiger partial charge in [0.1, 0.15) is 0 Å². The SMILES string of the molecule is CC(C)(C)S(=O)(=O)CC(O)CCc1ccccc1. The Hall–Kier alpha value is -0.870. The summed E-state index contributed by atoms with van der Waals surface area (Å²) in [5.74, 6) is -0.163. The molecule has 0 aliphatic heterocycles. The van der Waals surface area contributed by atoms with Crippen LogP contribution in [0.5, 0.6) is 0 Å². The Morgan fingerprint density at radius 3 is 2.22 bits per heavy atom. The van der Waals surface area contributed by atoms with Crippen LogP contribution in [0.2, 0.25) is 0 Å². The zero-order valence-corrected chi connectivity index (χ0v) is 12.1. The van der Waals surface area contributed by atoms with Gasteiger partial charge in [-0.15, -0.1) is 0 Å². The van der Waals surface area contributed by atoms with E-state index in [1.807, 2.05) is 30.3 Å². The summed E-state index contributed by atoms with van der Waals surface area (Å²) in [7, 11) is -3.25. The van der Waals surface area contributed by atoms with Crippen LogP contribution in [0.25, 0.3) is 0 Å². The van der Waals surface area contributed by atoms with Crippen molar-refractivity contribution in [2.75, 3.05) is 5.75 Å². The summed E-state index contributed by atoms with van der Waals surface area (Å²) < 4.78 is 23.0. The van der Waals surface area contributed by atoms with Crippen LogP contribution < -0.4 is 0 Å². The molecule has 0 spiro atoms. The molecule has 4 heteroatoms. The van der Waals surface area contributed by atoms with Crippen LogP contribution in [0, 0.1) is 0 Å². The molecule has 18 heavy (non-hydrogen) atoms. The highest BCUT2D eigenvalue weighted by atomic mass is 32.2. The maximum atomic E-state index is 11.9. The van der Waals surface area contributed by atoms with Crippen molar-refractivity contribution in [3.05, 3.63) is 35.9 Å². The first-order valence-corrected chi connectivity index (χ1v) is 7.82. The van der Waals surface area contributed by atoms with Gasteiger partial charge in [0.2, 0.25) is 0 Å². The molecule has 3 nitrogen and oxygen atoms in total. The first-order valence-electron chi connectivity index (χ1n) is 6.17. The highest BCUT2D eigenvalue weighted by Gasteiger charge is 2.30. The standard InChI is InChI=1S/C14H22O3S/c1-14(2,3)18(16,17)11-13(15)10-9-12-7-5-4-6-8-12/h4-8,13,15H,9-11H2,1-3H3. The summed E-state index contributed by atoms with van der Waals surface area (Å²) in [6.07, 6.45) is 0.371. The van der Waals surface area contributed by atoms with Gasteiger partial charge in [-0.3, -0.25) is 0 Å². The number of aliphatic hydroxyl groups excluding tert-OH is 1. The summed E-state index contributed by atoms with van der Waals surface area (Å²) in [5.41, 5.74) is 1.12. The average Bonchev–Trinajstić information content (AvgIpc) is 2.26. The zero-order valence-electron chi connectivity index (χ0n) is 11.3. The minimum Gasteiger partial charge on any atom is -0.392 e. The van der Waals surface area contributed by atoms with Crippen LogP contribution in [0.4, 0.5) is 0 Å². The number of aliphatic hydroxyl groups is 1. The quantitative estimate of drug-likeness (QED) is 0.892. The predicted molar refractivity (Wildman–Crippen MR) is 74.3 cm³/mol. The van der Waals surface area contributed by atoms with E-state index in [4.69, 9.17) is 0 Å². The molecule has 0 bridgehead atoms. The van der Waals surface area contributed by atoms with E-state index in [0.717, 1.165) is 5.56 Å². The number of hydrogen-bond donors (Lipinski definition) is 1. The Kier molecular flexibility index (Phi) is 4.93. The molecule has 1 atom stereocenters. The van der Waals surface area contributed by atoms with Crippen LogP contribution in [-0.2, 0) is 16.3 Å². The monoisotopic (exact) mass is 270 g/mol. The van der Waals surface area contributed by atoms with Crippen LogP contribution in [0.3, 0.4) is 0 Å². The number of sulfone groups is 1. The highest BCUT2D eigenvalue weighted by Crippen LogP contribution is 2.18. The summed E-state index contributed by atoms with van der Waals surface area (Å²) >= 11 is 0. The molecule has 0 radical (unpaired) electrons. The van der Waals surface area contributed by atoms with E-state index in [0.29, 0.717) is 12.8 Å². The van der Waals surface area contributed by atoms with Crippen molar-refractivity contribution in [3.63, 3.8) is 0 Å². The Balaban J connectivity index is 2.51. The molecule has 0 heterocycles. The van der Waals surface area contributed by atoms with E-state index in [-0.39, 0.29) is 5.75 Å². The lowest BCUT2D eigenvalue weighted by Gasteiger charge is -2.21. The second-order valence-electron chi connectivity index (χ2n) is 5.57. The zero-order chi connectivity index (χ0) is 13.8. The smallest absolute Gasteiger partial charge is 0.157 e. The van der Waals surface area contributed by atoms with E-state index in [9.17, 15) is 13.5 Å². The Morgan fingerprint density at radius 2 is 1.72 bits per heavy atom. The van der Waals surface area contributed by atoms with Crippen molar-refractivity contribution in [1.82, 2.24) is 0 Å². The second-order valence-corrected chi connectivity index (χ2v) is 8.36. The van der Waals surface area contributed by atoms with E-state index < -0.39 is 20.7 Å². The van der Waals surface area contributed by atoms with E-state index >= 15 is 0 Å². The Labute approximate surface area is 110 Å². The van der Waals surface area contributed by atoms with Gasteiger partial charge in [-0.2, -0.15) is 0 Å². The first kappa shape index (κ1) is 15.2. The van der Waals surface area contributed by atoms with Gasteiger partial charge >= 0.3 is 0 Å². The molecule has 0 aliphatic rings. The molecule has 0 saturated carbocycles. The molecule has 1 N–H and O–H groups in total. The maximum Gasteiger partial charge on any atom is 0.157 e. The van der Waals surface area contributed by atoms with Crippen LogP contribution in [0.1, 0.15) is 32.8 Å². The van der Waals surface area contributed by atoms with Crippen molar-refractivity contribution in [2.24, 2.45) is 0 Å². The van der Waals surface area contributed by atoms with Crippen molar-refractivity contribution >= 4 is 9.84 Å². The van der Waals surface area contributed by atoms with Gasteiger partial charge in [-0.25, -0.2) is 8.42 Å². The molecule has 1 aromatic carbocycles. The Bertz CT molecular complexity index is 458. The third-order valence-corrected chi connectivity index (χ3v) is 5.64. The fraction of sp³-hybridized carbons (Fsp3) is 0.571. The third kappa shape index (κ3) is 4.42. The summed E-state index contributed by atoms with van der Waals surface area (Å²) in [6.45, 7) is 4.98. The minimum atomic E-state index is -3.25. The lowest BCUT2D eigenvalue weighted by molar-refractivity contribution is 0.186. The predicted octanol–water partition coefficient (Wildman–Crippen LogP) is 2.19. The van der Waals surface area contributed by atoms with Gasteiger partial charge in [0, 0.05) is 0 Å².